The molecule has 0 radical (unpaired) electrons. The van der Waals surface area contributed by atoms with E-state index in [4.69, 9.17) is 4.74 Å². The Morgan fingerprint density at radius 2 is 1.74 bits per heavy atom. The number of ether oxygens (including phenoxy) is 1. The van der Waals surface area contributed by atoms with Crippen molar-refractivity contribution in [3.8, 4) is 11.1 Å². The molecule has 1 saturated heterocycles. The fourth-order valence-corrected chi connectivity index (χ4v) is 4.10. The molecule has 4 rings (SSSR count). The zero-order valence-electron chi connectivity index (χ0n) is 18.4. The van der Waals surface area contributed by atoms with Crippen molar-refractivity contribution in [1.82, 2.24) is 9.88 Å². The summed E-state index contributed by atoms with van der Waals surface area (Å²) in [5.41, 5.74) is 3.54. The lowest BCUT2D eigenvalue weighted by atomic mass is 9.87. The average Bonchev–Trinajstić information content (AvgIpc) is 2.77. The Balaban J connectivity index is 1.39. The maximum absolute atomic E-state index is 12.3. The molecule has 1 amide bonds. The number of rotatable bonds is 3. The van der Waals surface area contributed by atoms with Crippen molar-refractivity contribution < 1.29 is 14.6 Å². The third-order valence-corrected chi connectivity index (χ3v) is 5.81. The third-order valence-electron chi connectivity index (χ3n) is 5.81. The maximum atomic E-state index is 12.3. The molecular formula is C26H30N2O3. The fraction of sp³-hybridized carbons (Fsp3) is 0.385. The fourth-order valence-electron chi connectivity index (χ4n) is 4.10. The van der Waals surface area contributed by atoms with Crippen LogP contribution in [0.2, 0.25) is 0 Å². The van der Waals surface area contributed by atoms with Crippen molar-refractivity contribution in [1.29, 1.82) is 0 Å². The van der Waals surface area contributed by atoms with E-state index in [2.05, 4.69) is 17.1 Å². The number of pyridine rings is 1. The molecule has 5 heteroatoms. The van der Waals surface area contributed by atoms with Crippen LogP contribution in [0, 0.1) is 5.92 Å². The Labute approximate surface area is 183 Å². The van der Waals surface area contributed by atoms with Crippen LogP contribution in [0.15, 0.2) is 60.8 Å². The second-order valence-corrected chi connectivity index (χ2v) is 9.29. The van der Waals surface area contributed by atoms with Crippen LogP contribution >= 0.6 is 0 Å². The predicted molar refractivity (Wildman–Crippen MR) is 123 cm³/mol. The first-order chi connectivity index (χ1) is 14.8. The van der Waals surface area contributed by atoms with Gasteiger partial charge in [0.1, 0.15) is 5.60 Å². The van der Waals surface area contributed by atoms with Gasteiger partial charge in [-0.2, -0.15) is 0 Å². The minimum absolute atomic E-state index is 0.131. The van der Waals surface area contributed by atoms with Crippen molar-refractivity contribution in [2.45, 2.75) is 45.3 Å². The van der Waals surface area contributed by atoms with E-state index in [1.807, 2.05) is 69.4 Å². The highest BCUT2D eigenvalue weighted by atomic mass is 16.6. The van der Waals surface area contributed by atoms with E-state index in [-0.39, 0.29) is 12.0 Å². The molecule has 31 heavy (non-hydrogen) atoms. The molecule has 2 heterocycles. The third kappa shape index (κ3) is 5.05. The number of hydrogen-bond acceptors (Lipinski definition) is 4. The smallest absolute Gasteiger partial charge is 0.410 e. The molecule has 1 atom stereocenters. The topological polar surface area (TPSA) is 62.7 Å². The lowest BCUT2D eigenvalue weighted by Crippen LogP contribution is -2.42. The summed E-state index contributed by atoms with van der Waals surface area (Å²) in [7, 11) is 0. The van der Waals surface area contributed by atoms with Gasteiger partial charge in [0.15, 0.2) is 0 Å². The van der Waals surface area contributed by atoms with Gasteiger partial charge in [0.25, 0.3) is 0 Å². The first-order valence-corrected chi connectivity index (χ1v) is 10.9. The number of likely N-dealkylation sites (tertiary alicyclic amines) is 1. The Morgan fingerprint density at radius 3 is 2.42 bits per heavy atom. The minimum atomic E-state index is -0.537. The van der Waals surface area contributed by atoms with Crippen LogP contribution in [-0.2, 0) is 4.74 Å². The molecule has 1 fully saturated rings. The molecule has 1 aliphatic rings. The summed E-state index contributed by atoms with van der Waals surface area (Å²) < 4.78 is 5.46. The van der Waals surface area contributed by atoms with Crippen molar-refractivity contribution in [3.05, 3.63) is 66.4 Å². The van der Waals surface area contributed by atoms with Gasteiger partial charge in [-0.25, -0.2) is 4.79 Å². The lowest BCUT2D eigenvalue weighted by Gasteiger charge is -2.35. The van der Waals surface area contributed by atoms with Gasteiger partial charge in [-0.15, -0.1) is 0 Å². The van der Waals surface area contributed by atoms with Gasteiger partial charge in [0, 0.05) is 30.2 Å². The summed E-state index contributed by atoms with van der Waals surface area (Å²) in [6.07, 6.45) is 2.60. The maximum Gasteiger partial charge on any atom is 0.410 e. The highest BCUT2D eigenvalue weighted by Gasteiger charge is 2.30. The van der Waals surface area contributed by atoms with Crippen LogP contribution in [-0.4, -0.2) is 39.8 Å². The zero-order chi connectivity index (χ0) is 22.0. The summed E-state index contributed by atoms with van der Waals surface area (Å²) in [6, 6.07) is 18.3. The average molecular weight is 419 g/mol. The van der Waals surface area contributed by atoms with Crippen LogP contribution in [0.25, 0.3) is 22.0 Å². The molecule has 3 aromatic rings. The van der Waals surface area contributed by atoms with Crippen molar-refractivity contribution in [2.75, 3.05) is 13.1 Å². The molecule has 1 unspecified atom stereocenters. The summed E-state index contributed by atoms with van der Waals surface area (Å²) in [5.74, 6) is 0.131. The first kappa shape index (κ1) is 21.3. The van der Waals surface area contributed by atoms with E-state index in [0.29, 0.717) is 13.1 Å². The van der Waals surface area contributed by atoms with Gasteiger partial charge >= 0.3 is 6.09 Å². The molecule has 162 valence electrons. The number of carbonyl (C=O) groups is 1. The molecule has 0 aliphatic carbocycles. The molecular weight excluding hydrogens is 388 g/mol. The van der Waals surface area contributed by atoms with Gasteiger partial charge in [0.05, 0.1) is 11.6 Å². The number of aromatic nitrogens is 1. The van der Waals surface area contributed by atoms with E-state index >= 15 is 0 Å². The summed E-state index contributed by atoms with van der Waals surface area (Å²) in [4.78, 5) is 18.5. The van der Waals surface area contributed by atoms with Gasteiger partial charge in [-0.05, 0) is 62.8 Å². The second-order valence-electron chi connectivity index (χ2n) is 9.29. The van der Waals surface area contributed by atoms with Gasteiger partial charge in [-0.3, -0.25) is 4.98 Å². The number of carbonyl (C=O) groups excluding carboxylic acids is 1. The van der Waals surface area contributed by atoms with Crippen LogP contribution in [0.3, 0.4) is 0 Å². The predicted octanol–water partition coefficient (Wildman–Crippen LogP) is 5.58. The van der Waals surface area contributed by atoms with E-state index < -0.39 is 11.7 Å². The highest BCUT2D eigenvalue weighted by Crippen LogP contribution is 2.32. The van der Waals surface area contributed by atoms with Gasteiger partial charge in [0.2, 0.25) is 0 Å². The van der Waals surface area contributed by atoms with Crippen LogP contribution < -0.4 is 0 Å². The van der Waals surface area contributed by atoms with Crippen LogP contribution in [0.5, 0.6) is 0 Å². The number of piperidine rings is 1. The summed E-state index contributed by atoms with van der Waals surface area (Å²) >= 11 is 0. The number of fused-ring (bicyclic) bond motifs is 1. The second kappa shape index (κ2) is 8.67. The molecule has 0 spiro atoms. The molecule has 1 aliphatic heterocycles. The summed E-state index contributed by atoms with van der Waals surface area (Å²) in [5, 5.41) is 12.0. The van der Waals surface area contributed by atoms with E-state index in [1.54, 1.807) is 4.90 Å². The van der Waals surface area contributed by atoms with E-state index in [9.17, 15) is 9.90 Å². The van der Waals surface area contributed by atoms with Crippen molar-refractivity contribution in [3.63, 3.8) is 0 Å². The van der Waals surface area contributed by atoms with Crippen molar-refractivity contribution >= 4 is 17.0 Å². The Bertz CT molecular complexity index is 1050. The number of aliphatic hydroxyl groups is 1. The Hall–Kier alpha value is -2.92. The first-order valence-electron chi connectivity index (χ1n) is 10.9. The number of benzene rings is 2. The highest BCUT2D eigenvalue weighted by molar-refractivity contribution is 5.83. The number of aliphatic hydroxyl groups excluding tert-OH is 1. The zero-order valence-corrected chi connectivity index (χ0v) is 18.4. The van der Waals surface area contributed by atoms with Crippen molar-refractivity contribution in [2.24, 2.45) is 5.92 Å². The number of para-hydroxylation sites is 1. The molecule has 1 N–H and O–H groups in total. The van der Waals surface area contributed by atoms with Gasteiger partial charge in [-0.1, -0.05) is 42.5 Å². The molecule has 0 saturated carbocycles. The van der Waals surface area contributed by atoms with Crippen LogP contribution in [0.1, 0.15) is 45.3 Å². The quantitative estimate of drug-likeness (QED) is 0.603. The molecule has 1 aromatic heterocycles. The van der Waals surface area contributed by atoms with E-state index in [1.165, 1.54) is 0 Å². The molecule has 0 bridgehead atoms. The van der Waals surface area contributed by atoms with Crippen LogP contribution in [0.4, 0.5) is 4.79 Å². The number of nitrogens with zero attached hydrogens (tertiary/aromatic N) is 2. The Kier molecular flexibility index (Phi) is 5.96. The number of amides is 1. The minimum Gasteiger partial charge on any atom is -0.444 e. The van der Waals surface area contributed by atoms with E-state index in [0.717, 1.165) is 40.4 Å². The standard InChI is InChI=1S/C26H30N2O3/c1-26(2,3)31-25(30)28-14-12-20(13-15-28)24(29)19-10-8-18(9-11-19)22-16-21-6-4-5-7-23(21)27-17-22/h4-11,16-17,20,24,29H,12-15H2,1-3H3. The number of hydrogen-bond donors (Lipinski definition) is 1. The Morgan fingerprint density at radius 1 is 1.06 bits per heavy atom. The van der Waals surface area contributed by atoms with Gasteiger partial charge < -0.3 is 14.7 Å². The lowest BCUT2D eigenvalue weighted by molar-refractivity contribution is 0.00767. The molecule has 2 aromatic carbocycles. The molecule has 5 nitrogen and oxygen atoms in total. The summed E-state index contributed by atoms with van der Waals surface area (Å²) in [6.45, 7) is 6.84. The SMILES string of the molecule is CC(C)(C)OC(=O)N1CCC(C(O)c2ccc(-c3cnc4ccccc4c3)cc2)CC1. The largest absolute Gasteiger partial charge is 0.444 e. The monoisotopic (exact) mass is 418 g/mol. The normalized spacial score (nSPS) is 16.3.